The van der Waals surface area contributed by atoms with Crippen LogP contribution in [0, 0.1) is 0 Å². The number of phenolic OH excluding ortho intramolecular Hbond substituents is 1. The highest BCUT2D eigenvalue weighted by Gasteiger charge is 2.65. The maximum absolute atomic E-state index is 13.7. The predicted octanol–water partition coefficient (Wildman–Crippen LogP) is 10.0. The molecule has 0 amide bonds. The van der Waals surface area contributed by atoms with Crippen molar-refractivity contribution in [3.05, 3.63) is 149 Å². The van der Waals surface area contributed by atoms with Gasteiger partial charge in [0.05, 0.1) is 18.9 Å². The molecule has 6 nitrogen and oxygen atoms in total. The molecular weight excluding hydrogens is 653 g/mol. The Labute approximate surface area is 276 Å². The summed E-state index contributed by atoms with van der Waals surface area (Å²) >= 11 is 0. The monoisotopic (exact) mass is 689 g/mol. The average molecular weight is 690 g/mol. The molecule has 0 radical (unpaired) electrons. The first-order valence-corrected chi connectivity index (χ1v) is 16.9. The summed E-state index contributed by atoms with van der Waals surface area (Å²) in [5, 5.41) is 13.0. The van der Waals surface area contributed by atoms with Gasteiger partial charge in [0.2, 0.25) is 0 Å². The van der Waals surface area contributed by atoms with Crippen LogP contribution in [0.2, 0.25) is 0 Å². The van der Waals surface area contributed by atoms with Gasteiger partial charge in [-0.1, -0.05) is 110 Å². The zero-order valence-corrected chi connectivity index (χ0v) is 27.0. The minimum absolute atomic E-state index is 0.141. The van der Waals surface area contributed by atoms with Gasteiger partial charge in [0.1, 0.15) is 29.1 Å². The molecule has 0 heterocycles. The van der Waals surface area contributed by atoms with Crippen LogP contribution in [-0.2, 0) is 38.8 Å². The van der Waals surface area contributed by atoms with Crippen molar-refractivity contribution in [1.82, 2.24) is 0 Å². The number of methoxy groups -OCH3 is 1. The summed E-state index contributed by atoms with van der Waals surface area (Å²) < 4.78 is 93.3. The van der Waals surface area contributed by atoms with Gasteiger partial charge in [-0.25, -0.2) is 0 Å². The van der Waals surface area contributed by atoms with Crippen LogP contribution in [0.1, 0.15) is 23.6 Å². The number of benzene rings is 4. The number of phenols is 1. The van der Waals surface area contributed by atoms with E-state index >= 15 is 0 Å². The third-order valence-electron chi connectivity index (χ3n) is 7.80. The van der Waals surface area contributed by atoms with Gasteiger partial charge < -0.3 is 29.4 Å². The molecule has 2 N–H and O–H groups in total. The van der Waals surface area contributed by atoms with Crippen LogP contribution in [-0.4, -0.2) is 30.1 Å². The molecule has 0 bridgehead atoms. The molecule has 0 fully saturated rings. The van der Waals surface area contributed by atoms with E-state index in [0.29, 0.717) is 17.4 Å². The molecule has 48 heavy (non-hydrogen) atoms. The fourth-order valence-corrected chi connectivity index (χ4v) is 5.78. The van der Waals surface area contributed by atoms with Gasteiger partial charge in [-0.05, 0) is 54.0 Å². The van der Waals surface area contributed by atoms with Crippen LogP contribution in [0.4, 0.5) is 25.1 Å². The molecule has 1 aliphatic rings. The van der Waals surface area contributed by atoms with Gasteiger partial charge in [0.15, 0.2) is 11.8 Å². The number of rotatable bonds is 14. The topological polar surface area (TPSA) is 69.2 Å². The molecule has 256 valence electrons. The van der Waals surface area contributed by atoms with Crippen molar-refractivity contribution >= 4 is 15.9 Å². The Hall–Kier alpha value is -4.36. The first-order valence-electron chi connectivity index (χ1n) is 14.9. The van der Waals surface area contributed by atoms with E-state index in [0.717, 1.165) is 16.7 Å². The lowest BCUT2D eigenvalue weighted by molar-refractivity contribution is -0.135. The van der Waals surface area contributed by atoms with Crippen LogP contribution in [0.25, 0.3) is 0 Å². The van der Waals surface area contributed by atoms with Gasteiger partial charge in [-0.3, -0.25) is 0 Å². The van der Waals surface area contributed by atoms with Crippen molar-refractivity contribution < 1.29 is 43.5 Å². The zero-order chi connectivity index (χ0) is 34.5. The van der Waals surface area contributed by atoms with E-state index in [9.17, 15) is 24.5 Å². The average Bonchev–Trinajstić information content (AvgIpc) is 3.06. The van der Waals surface area contributed by atoms with Gasteiger partial charge in [-0.2, -0.15) is 0 Å². The van der Waals surface area contributed by atoms with Gasteiger partial charge in [0.25, 0.3) is 0 Å². The standard InChI is InChI=1S/C36H36F5NO5S/c1-36(47-25-28-16-10-5-11-17-28)33(45-23-26-12-6-3-7-13-26)20-29(21-34(36)46-24-27-14-8-4-9-15-27)35(44-2)42-31-22-30(18-19-32(31)43)48(37,38,39,40)41/h3-22,33,35,42-43H,23-25H2,1-2H3. The Bertz CT molecular complexity index is 1760. The molecular formula is C36H36F5NO5S. The second-order valence-corrected chi connectivity index (χ2v) is 13.9. The van der Waals surface area contributed by atoms with E-state index in [1.807, 2.05) is 97.9 Å². The second kappa shape index (κ2) is 13.3. The summed E-state index contributed by atoms with van der Waals surface area (Å²) in [5.41, 5.74) is 1.14. The number of hydrogen-bond acceptors (Lipinski definition) is 6. The molecule has 3 atom stereocenters. The van der Waals surface area contributed by atoms with Crippen LogP contribution >= 0.6 is 10.2 Å². The molecule has 4 aromatic rings. The quantitative estimate of drug-likeness (QED) is 0.0781. The molecule has 0 aromatic heterocycles. The second-order valence-electron chi connectivity index (χ2n) is 11.5. The molecule has 0 saturated heterocycles. The fourth-order valence-electron chi connectivity index (χ4n) is 5.12. The lowest BCUT2D eigenvalue weighted by atomic mass is 9.87. The summed E-state index contributed by atoms with van der Waals surface area (Å²) in [6, 6.07) is 29.2. The highest BCUT2D eigenvalue weighted by atomic mass is 32.5. The van der Waals surface area contributed by atoms with Crippen molar-refractivity contribution in [2.45, 2.75) is 49.6 Å². The van der Waals surface area contributed by atoms with Crippen LogP contribution < -0.4 is 5.32 Å². The summed E-state index contributed by atoms with van der Waals surface area (Å²) in [6.07, 6.45) is 1.22. The highest BCUT2D eigenvalue weighted by Crippen LogP contribution is 3.02. The molecule has 1 aliphatic carbocycles. The Morgan fingerprint density at radius 1 is 0.771 bits per heavy atom. The summed E-state index contributed by atoms with van der Waals surface area (Å²) in [7, 11) is -8.77. The van der Waals surface area contributed by atoms with E-state index in [1.54, 1.807) is 12.2 Å². The summed E-state index contributed by atoms with van der Waals surface area (Å²) in [6.45, 7) is 2.32. The molecule has 0 saturated carbocycles. The van der Waals surface area contributed by atoms with E-state index in [4.69, 9.17) is 18.9 Å². The van der Waals surface area contributed by atoms with Crippen molar-refractivity contribution in [3.63, 3.8) is 0 Å². The van der Waals surface area contributed by atoms with Gasteiger partial charge >= 0.3 is 10.2 Å². The Balaban J connectivity index is 1.54. The molecule has 4 aromatic carbocycles. The largest absolute Gasteiger partial charge is 0.506 e. The lowest BCUT2D eigenvalue weighted by Crippen LogP contribution is -2.48. The smallest absolute Gasteiger partial charge is 0.310 e. The number of anilines is 1. The van der Waals surface area contributed by atoms with Crippen molar-refractivity contribution in [1.29, 1.82) is 0 Å². The Morgan fingerprint density at radius 3 is 1.85 bits per heavy atom. The van der Waals surface area contributed by atoms with Crippen molar-refractivity contribution in [2.24, 2.45) is 0 Å². The summed E-state index contributed by atoms with van der Waals surface area (Å²) in [4.78, 5) is -2.16. The number of aromatic hydroxyl groups is 1. The van der Waals surface area contributed by atoms with Crippen molar-refractivity contribution in [3.8, 4) is 5.75 Å². The molecule has 0 aliphatic heterocycles. The molecule has 12 heteroatoms. The van der Waals surface area contributed by atoms with Crippen LogP contribution in [0.15, 0.2) is 138 Å². The van der Waals surface area contributed by atoms with Crippen LogP contribution in [0.3, 0.4) is 0 Å². The molecule has 0 spiro atoms. The van der Waals surface area contributed by atoms with Crippen LogP contribution in [0.5, 0.6) is 5.75 Å². The third kappa shape index (κ3) is 8.75. The maximum Gasteiger partial charge on any atom is 0.310 e. The molecule has 3 unspecified atom stereocenters. The number of hydrogen-bond donors (Lipinski definition) is 2. The van der Waals surface area contributed by atoms with E-state index < -0.39 is 44.5 Å². The fraction of sp³-hybridized carbons (Fsp3) is 0.222. The van der Waals surface area contributed by atoms with Gasteiger partial charge in [-0.15, -0.1) is 0 Å². The minimum Gasteiger partial charge on any atom is -0.506 e. The predicted molar refractivity (Wildman–Crippen MR) is 176 cm³/mol. The first-order chi connectivity index (χ1) is 22.6. The Kier molecular flexibility index (Phi) is 9.67. The SMILES string of the molecule is COC(Nc1cc(S(F)(F)(F)(F)F)ccc1O)C1=CC(OCc2ccccc2)C(C)(OCc2ccccc2)C(OCc2ccccc2)=C1. The highest BCUT2D eigenvalue weighted by molar-refractivity contribution is 8.45. The van der Waals surface area contributed by atoms with E-state index in [1.165, 1.54) is 7.11 Å². The van der Waals surface area contributed by atoms with E-state index in [-0.39, 0.29) is 32.0 Å². The number of ether oxygens (including phenoxy) is 4. The maximum atomic E-state index is 13.7. The molecule has 5 rings (SSSR count). The van der Waals surface area contributed by atoms with Gasteiger partial charge in [0, 0.05) is 12.7 Å². The minimum atomic E-state index is -10.1. The third-order valence-corrected chi connectivity index (χ3v) is 8.95. The lowest BCUT2D eigenvalue weighted by Gasteiger charge is -2.41. The normalized spacial score (nSPS) is 20.1. The number of nitrogens with one attached hydrogen (secondary N) is 1. The zero-order valence-electron chi connectivity index (χ0n) is 26.2. The van der Waals surface area contributed by atoms with E-state index in [2.05, 4.69) is 5.32 Å². The van der Waals surface area contributed by atoms with Crippen molar-refractivity contribution in [2.75, 3.05) is 12.4 Å². The Morgan fingerprint density at radius 2 is 1.31 bits per heavy atom. The summed E-state index contributed by atoms with van der Waals surface area (Å²) in [5.74, 6) is -0.358. The first kappa shape index (κ1) is 35.0. The number of halogens is 5.